The van der Waals surface area contributed by atoms with Crippen LogP contribution in [-0.2, 0) is 0 Å². The van der Waals surface area contributed by atoms with Gasteiger partial charge in [-0.1, -0.05) is 6.92 Å². The van der Waals surface area contributed by atoms with E-state index in [4.69, 9.17) is 0 Å². The molecule has 2 aromatic rings. The summed E-state index contributed by atoms with van der Waals surface area (Å²) in [5, 5.41) is 7.88. The van der Waals surface area contributed by atoms with Crippen molar-refractivity contribution in [2.24, 2.45) is 0 Å². The smallest absolute Gasteiger partial charge is 0.203 e. The summed E-state index contributed by atoms with van der Waals surface area (Å²) in [6.45, 7) is 3.11. The second-order valence-corrected chi connectivity index (χ2v) is 3.23. The minimum Gasteiger partial charge on any atom is -0.357 e. The molecule has 2 aromatic heterocycles. The van der Waals surface area contributed by atoms with Crippen LogP contribution in [0.25, 0.3) is 5.65 Å². The Kier molecular flexibility index (Phi) is 2.30. The van der Waals surface area contributed by atoms with E-state index < -0.39 is 0 Å². The molecule has 0 bridgehead atoms. The molecule has 0 aliphatic rings. The largest absolute Gasteiger partial charge is 0.357 e. The van der Waals surface area contributed by atoms with Crippen LogP contribution in [0.15, 0.2) is 18.7 Å². The van der Waals surface area contributed by atoms with Gasteiger partial charge in [0, 0.05) is 26.0 Å². The Bertz CT molecular complexity index is 422. The first-order valence-electron chi connectivity index (χ1n) is 4.68. The molecule has 0 amide bonds. The Morgan fingerprint density at radius 1 is 1.50 bits per heavy atom. The third-order valence-corrected chi connectivity index (χ3v) is 2.12. The molecule has 0 aliphatic carbocycles. The zero-order chi connectivity index (χ0) is 9.97. The number of aromatic nitrogens is 4. The van der Waals surface area contributed by atoms with Gasteiger partial charge in [0.1, 0.15) is 6.33 Å². The summed E-state index contributed by atoms with van der Waals surface area (Å²) in [5.74, 6) is 0.881. The Morgan fingerprint density at radius 3 is 3.14 bits per heavy atom. The van der Waals surface area contributed by atoms with E-state index in [2.05, 4.69) is 27.0 Å². The average Bonchev–Trinajstić information content (AvgIpc) is 2.65. The maximum atomic E-state index is 4.30. The molecule has 2 rings (SSSR count). The highest BCUT2D eigenvalue weighted by atomic mass is 15.3. The molecule has 14 heavy (non-hydrogen) atoms. The molecule has 2 heterocycles. The molecule has 0 fully saturated rings. The standard InChI is InChI=1S/C9H13N5/c1-3-5-13(2)8-9-12-11-7-14(9)6-4-10-8/h4,6-7H,3,5H2,1-2H3. The third kappa shape index (κ3) is 1.41. The van der Waals surface area contributed by atoms with E-state index in [1.54, 1.807) is 12.5 Å². The van der Waals surface area contributed by atoms with Crippen LogP contribution in [0.1, 0.15) is 13.3 Å². The Hall–Kier alpha value is -1.65. The van der Waals surface area contributed by atoms with Crippen LogP contribution in [0.4, 0.5) is 5.82 Å². The molecule has 0 aromatic carbocycles. The van der Waals surface area contributed by atoms with Crippen molar-refractivity contribution >= 4 is 11.5 Å². The van der Waals surface area contributed by atoms with Crippen molar-refractivity contribution in [1.82, 2.24) is 19.6 Å². The van der Waals surface area contributed by atoms with Gasteiger partial charge in [-0.15, -0.1) is 10.2 Å². The predicted octanol–water partition coefficient (Wildman–Crippen LogP) is 0.970. The number of anilines is 1. The van der Waals surface area contributed by atoms with Crippen LogP contribution in [-0.4, -0.2) is 33.2 Å². The quantitative estimate of drug-likeness (QED) is 0.725. The zero-order valence-corrected chi connectivity index (χ0v) is 8.38. The lowest BCUT2D eigenvalue weighted by Gasteiger charge is -2.16. The van der Waals surface area contributed by atoms with Gasteiger partial charge in [-0.3, -0.25) is 4.40 Å². The van der Waals surface area contributed by atoms with Crippen molar-refractivity contribution in [3.05, 3.63) is 18.7 Å². The zero-order valence-electron chi connectivity index (χ0n) is 8.38. The first kappa shape index (κ1) is 8.93. The molecule has 0 atom stereocenters. The number of hydrogen-bond donors (Lipinski definition) is 0. The average molecular weight is 191 g/mol. The van der Waals surface area contributed by atoms with Gasteiger partial charge in [0.2, 0.25) is 5.65 Å². The van der Waals surface area contributed by atoms with Crippen molar-refractivity contribution in [1.29, 1.82) is 0 Å². The lowest BCUT2D eigenvalue weighted by Crippen LogP contribution is -2.19. The van der Waals surface area contributed by atoms with Gasteiger partial charge in [-0.25, -0.2) is 4.98 Å². The summed E-state index contributed by atoms with van der Waals surface area (Å²) in [7, 11) is 2.01. The fourth-order valence-corrected chi connectivity index (χ4v) is 1.46. The molecule has 0 saturated heterocycles. The van der Waals surface area contributed by atoms with Gasteiger partial charge in [0.05, 0.1) is 0 Å². The lowest BCUT2D eigenvalue weighted by molar-refractivity contribution is 0.835. The van der Waals surface area contributed by atoms with Crippen molar-refractivity contribution in [3.8, 4) is 0 Å². The summed E-state index contributed by atoms with van der Waals surface area (Å²) in [6.07, 6.45) is 6.38. The van der Waals surface area contributed by atoms with Gasteiger partial charge in [-0.05, 0) is 6.42 Å². The maximum absolute atomic E-state index is 4.30. The molecule has 0 unspecified atom stereocenters. The van der Waals surface area contributed by atoms with Gasteiger partial charge < -0.3 is 4.90 Å². The number of nitrogens with zero attached hydrogens (tertiary/aromatic N) is 5. The van der Waals surface area contributed by atoms with Gasteiger partial charge in [0.25, 0.3) is 0 Å². The minimum atomic E-state index is 0.809. The van der Waals surface area contributed by atoms with Crippen molar-refractivity contribution in [2.45, 2.75) is 13.3 Å². The van der Waals surface area contributed by atoms with Gasteiger partial charge in [0.15, 0.2) is 5.82 Å². The predicted molar refractivity (Wildman–Crippen MR) is 54.3 cm³/mol. The third-order valence-electron chi connectivity index (χ3n) is 2.12. The Morgan fingerprint density at radius 2 is 2.36 bits per heavy atom. The first-order valence-corrected chi connectivity index (χ1v) is 4.68. The van der Waals surface area contributed by atoms with Crippen LogP contribution in [0.5, 0.6) is 0 Å². The summed E-state index contributed by atoms with van der Waals surface area (Å²) >= 11 is 0. The molecule has 0 spiro atoms. The minimum absolute atomic E-state index is 0.809. The second kappa shape index (κ2) is 3.61. The molecule has 0 aliphatic heterocycles. The molecular formula is C9H13N5. The van der Waals surface area contributed by atoms with E-state index in [0.29, 0.717) is 0 Å². The number of rotatable bonds is 3. The maximum Gasteiger partial charge on any atom is 0.203 e. The highest BCUT2D eigenvalue weighted by Crippen LogP contribution is 2.13. The van der Waals surface area contributed by atoms with Crippen LogP contribution >= 0.6 is 0 Å². The fourth-order valence-electron chi connectivity index (χ4n) is 1.46. The van der Waals surface area contributed by atoms with Crippen molar-refractivity contribution in [3.63, 3.8) is 0 Å². The molecule has 74 valence electrons. The fraction of sp³-hybridized carbons (Fsp3) is 0.444. The normalized spacial score (nSPS) is 10.7. The van der Waals surface area contributed by atoms with Gasteiger partial charge in [-0.2, -0.15) is 0 Å². The van der Waals surface area contributed by atoms with E-state index in [1.165, 1.54) is 0 Å². The van der Waals surface area contributed by atoms with Crippen LogP contribution in [0.2, 0.25) is 0 Å². The lowest BCUT2D eigenvalue weighted by atomic mass is 10.4. The highest BCUT2D eigenvalue weighted by molar-refractivity contribution is 5.62. The summed E-state index contributed by atoms with van der Waals surface area (Å²) in [4.78, 5) is 6.39. The summed E-state index contributed by atoms with van der Waals surface area (Å²) in [5.41, 5.74) is 0.809. The molecule has 5 heteroatoms. The van der Waals surface area contributed by atoms with Crippen molar-refractivity contribution < 1.29 is 0 Å². The SMILES string of the molecule is CCCN(C)c1nccn2cnnc12. The molecule has 5 nitrogen and oxygen atoms in total. The molecule has 0 radical (unpaired) electrons. The van der Waals surface area contributed by atoms with Crippen LogP contribution in [0, 0.1) is 0 Å². The van der Waals surface area contributed by atoms with E-state index in [-0.39, 0.29) is 0 Å². The highest BCUT2D eigenvalue weighted by Gasteiger charge is 2.08. The molecule has 0 saturated carbocycles. The van der Waals surface area contributed by atoms with Crippen LogP contribution in [0.3, 0.4) is 0 Å². The monoisotopic (exact) mass is 191 g/mol. The van der Waals surface area contributed by atoms with E-state index in [0.717, 1.165) is 24.4 Å². The first-order chi connectivity index (χ1) is 6.83. The van der Waals surface area contributed by atoms with Crippen molar-refractivity contribution in [2.75, 3.05) is 18.5 Å². The molecule has 0 N–H and O–H groups in total. The van der Waals surface area contributed by atoms with Crippen LogP contribution < -0.4 is 4.90 Å². The number of fused-ring (bicyclic) bond motifs is 1. The second-order valence-electron chi connectivity index (χ2n) is 3.23. The topological polar surface area (TPSA) is 46.3 Å². The molecular weight excluding hydrogens is 178 g/mol. The van der Waals surface area contributed by atoms with Gasteiger partial charge >= 0.3 is 0 Å². The Labute approximate surface area is 82.4 Å². The van der Waals surface area contributed by atoms with E-state index in [1.807, 2.05) is 17.6 Å². The number of hydrogen-bond acceptors (Lipinski definition) is 4. The summed E-state index contributed by atoms with van der Waals surface area (Å²) < 4.78 is 1.87. The summed E-state index contributed by atoms with van der Waals surface area (Å²) in [6, 6.07) is 0. The van der Waals surface area contributed by atoms with E-state index >= 15 is 0 Å². The van der Waals surface area contributed by atoms with E-state index in [9.17, 15) is 0 Å². The Balaban J connectivity index is 2.45.